The SMILES string of the molecule is CC(Nc1ccc(O)cc1)c1ccc(NC(N)=O)cc1. The Morgan fingerprint density at radius 2 is 1.60 bits per heavy atom. The number of hydrogen-bond donors (Lipinski definition) is 4. The number of aromatic hydroxyl groups is 1. The number of carbonyl (C=O) groups excluding carboxylic acids is 1. The fraction of sp³-hybridized carbons (Fsp3) is 0.133. The molecule has 0 saturated carbocycles. The van der Waals surface area contributed by atoms with Crippen molar-refractivity contribution in [1.82, 2.24) is 0 Å². The van der Waals surface area contributed by atoms with Crippen molar-refractivity contribution in [1.29, 1.82) is 0 Å². The van der Waals surface area contributed by atoms with Gasteiger partial charge in [-0.2, -0.15) is 0 Å². The highest BCUT2D eigenvalue weighted by atomic mass is 16.3. The van der Waals surface area contributed by atoms with E-state index in [1.165, 1.54) is 0 Å². The summed E-state index contributed by atoms with van der Waals surface area (Å²) in [5, 5.41) is 15.1. The van der Waals surface area contributed by atoms with Crippen molar-refractivity contribution in [2.75, 3.05) is 10.6 Å². The van der Waals surface area contributed by atoms with Gasteiger partial charge in [-0.15, -0.1) is 0 Å². The lowest BCUT2D eigenvalue weighted by Gasteiger charge is -2.16. The first-order valence-electron chi connectivity index (χ1n) is 6.26. The van der Waals surface area contributed by atoms with Gasteiger partial charge in [-0.05, 0) is 48.9 Å². The Kier molecular flexibility index (Phi) is 4.10. The molecule has 0 aromatic heterocycles. The summed E-state index contributed by atoms with van der Waals surface area (Å²) >= 11 is 0. The first-order valence-corrected chi connectivity index (χ1v) is 6.26. The molecular formula is C15H17N3O2. The highest BCUT2D eigenvalue weighted by molar-refractivity contribution is 5.87. The molecule has 5 N–H and O–H groups in total. The Bertz CT molecular complexity index is 579. The summed E-state index contributed by atoms with van der Waals surface area (Å²) in [6, 6.07) is 13.9. The minimum Gasteiger partial charge on any atom is -0.508 e. The topological polar surface area (TPSA) is 87.4 Å². The molecule has 0 radical (unpaired) electrons. The monoisotopic (exact) mass is 271 g/mol. The molecule has 20 heavy (non-hydrogen) atoms. The predicted octanol–water partition coefficient (Wildman–Crippen LogP) is 3.06. The lowest BCUT2D eigenvalue weighted by atomic mass is 10.1. The summed E-state index contributed by atoms with van der Waals surface area (Å²) in [5.74, 6) is 0.241. The predicted molar refractivity (Wildman–Crippen MR) is 79.8 cm³/mol. The summed E-state index contributed by atoms with van der Waals surface area (Å²) in [4.78, 5) is 10.7. The molecule has 2 amide bonds. The molecule has 5 nitrogen and oxygen atoms in total. The molecule has 2 aromatic carbocycles. The summed E-state index contributed by atoms with van der Waals surface area (Å²) in [7, 11) is 0. The second kappa shape index (κ2) is 5.97. The molecule has 0 heterocycles. The zero-order valence-electron chi connectivity index (χ0n) is 11.1. The van der Waals surface area contributed by atoms with Gasteiger partial charge in [0.2, 0.25) is 0 Å². The molecule has 0 saturated heterocycles. The van der Waals surface area contributed by atoms with Crippen molar-refractivity contribution in [2.45, 2.75) is 13.0 Å². The normalized spacial score (nSPS) is 11.7. The number of amides is 2. The van der Waals surface area contributed by atoms with Crippen LogP contribution in [0.4, 0.5) is 16.2 Å². The molecule has 0 fully saturated rings. The van der Waals surface area contributed by atoms with Crippen LogP contribution in [0.3, 0.4) is 0 Å². The van der Waals surface area contributed by atoms with E-state index in [4.69, 9.17) is 5.73 Å². The van der Waals surface area contributed by atoms with Crippen LogP contribution in [0.1, 0.15) is 18.5 Å². The van der Waals surface area contributed by atoms with Gasteiger partial charge in [-0.1, -0.05) is 12.1 Å². The Labute approximate surface area is 117 Å². The van der Waals surface area contributed by atoms with E-state index in [-0.39, 0.29) is 11.8 Å². The van der Waals surface area contributed by atoms with Gasteiger partial charge in [-0.25, -0.2) is 4.79 Å². The standard InChI is InChI=1S/C15H17N3O2/c1-10(17-12-6-8-14(19)9-7-12)11-2-4-13(5-3-11)18-15(16)20/h2-10,17,19H,1H3,(H3,16,18,20). The summed E-state index contributed by atoms with van der Waals surface area (Å²) in [6.07, 6.45) is 0. The van der Waals surface area contributed by atoms with Crippen molar-refractivity contribution < 1.29 is 9.90 Å². The molecule has 0 aliphatic heterocycles. The van der Waals surface area contributed by atoms with Crippen LogP contribution >= 0.6 is 0 Å². The maximum absolute atomic E-state index is 10.7. The second-order valence-corrected chi connectivity index (χ2v) is 4.52. The number of nitrogens with one attached hydrogen (secondary N) is 2. The molecule has 0 bridgehead atoms. The van der Waals surface area contributed by atoms with Gasteiger partial charge in [0.1, 0.15) is 5.75 Å². The molecule has 0 aliphatic carbocycles. The van der Waals surface area contributed by atoms with E-state index in [2.05, 4.69) is 10.6 Å². The van der Waals surface area contributed by atoms with Crippen LogP contribution < -0.4 is 16.4 Å². The third kappa shape index (κ3) is 3.65. The number of anilines is 2. The van der Waals surface area contributed by atoms with Gasteiger partial charge in [0.25, 0.3) is 0 Å². The summed E-state index contributed by atoms with van der Waals surface area (Å²) < 4.78 is 0. The molecule has 0 aliphatic rings. The Hall–Kier alpha value is -2.69. The number of benzene rings is 2. The van der Waals surface area contributed by atoms with Gasteiger partial charge in [-0.3, -0.25) is 0 Å². The van der Waals surface area contributed by atoms with E-state index in [0.29, 0.717) is 5.69 Å². The average Bonchev–Trinajstić information content (AvgIpc) is 2.41. The third-order valence-corrected chi connectivity index (χ3v) is 2.93. The molecular weight excluding hydrogens is 254 g/mol. The van der Waals surface area contributed by atoms with Crippen LogP contribution in [0, 0.1) is 0 Å². The highest BCUT2D eigenvalue weighted by Crippen LogP contribution is 2.22. The Morgan fingerprint density at radius 1 is 1.05 bits per heavy atom. The Balaban J connectivity index is 2.03. The third-order valence-electron chi connectivity index (χ3n) is 2.93. The lowest BCUT2D eigenvalue weighted by Crippen LogP contribution is -2.19. The number of rotatable bonds is 4. The number of hydrogen-bond acceptors (Lipinski definition) is 3. The maximum atomic E-state index is 10.7. The summed E-state index contributed by atoms with van der Waals surface area (Å²) in [5.41, 5.74) is 7.72. The first-order chi connectivity index (χ1) is 9.54. The minimum atomic E-state index is -0.576. The van der Waals surface area contributed by atoms with Crippen LogP contribution in [0.15, 0.2) is 48.5 Å². The molecule has 2 rings (SSSR count). The number of phenols is 1. The first kappa shape index (κ1) is 13.7. The smallest absolute Gasteiger partial charge is 0.316 e. The lowest BCUT2D eigenvalue weighted by molar-refractivity contribution is 0.259. The van der Waals surface area contributed by atoms with Gasteiger partial charge in [0, 0.05) is 17.4 Å². The Morgan fingerprint density at radius 3 is 2.15 bits per heavy atom. The van der Waals surface area contributed by atoms with Crippen molar-refractivity contribution in [3.63, 3.8) is 0 Å². The molecule has 5 heteroatoms. The molecule has 1 unspecified atom stereocenters. The zero-order valence-corrected chi connectivity index (χ0v) is 11.1. The number of primary amides is 1. The largest absolute Gasteiger partial charge is 0.508 e. The molecule has 2 aromatic rings. The molecule has 104 valence electrons. The minimum absolute atomic E-state index is 0.0992. The average molecular weight is 271 g/mol. The highest BCUT2D eigenvalue weighted by Gasteiger charge is 2.05. The fourth-order valence-electron chi connectivity index (χ4n) is 1.89. The van der Waals surface area contributed by atoms with Gasteiger partial charge < -0.3 is 21.5 Å². The zero-order chi connectivity index (χ0) is 14.5. The van der Waals surface area contributed by atoms with Crippen LogP contribution in [-0.4, -0.2) is 11.1 Å². The van der Waals surface area contributed by atoms with Crippen LogP contribution in [0.5, 0.6) is 5.75 Å². The molecule has 0 spiro atoms. The quantitative estimate of drug-likeness (QED) is 0.644. The van der Waals surface area contributed by atoms with Crippen LogP contribution in [0.25, 0.3) is 0 Å². The summed E-state index contributed by atoms with van der Waals surface area (Å²) in [6.45, 7) is 2.03. The van der Waals surface area contributed by atoms with Crippen molar-refractivity contribution in [3.05, 3.63) is 54.1 Å². The van der Waals surface area contributed by atoms with Crippen LogP contribution in [0.2, 0.25) is 0 Å². The van der Waals surface area contributed by atoms with Gasteiger partial charge >= 0.3 is 6.03 Å². The van der Waals surface area contributed by atoms with E-state index in [1.54, 1.807) is 24.3 Å². The maximum Gasteiger partial charge on any atom is 0.316 e. The number of carbonyl (C=O) groups is 1. The number of urea groups is 1. The number of phenolic OH excluding ortho intramolecular Hbond substituents is 1. The van der Waals surface area contributed by atoms with Crippen molar-refractivity contribution >= 4 is 17.4 Å². The molecule has 1 atom stereocenters. The van der Waals surface area contributed by atoms with Gasteiger partial charge in [0.05, 0.1) is 0 Å². The van der Waals surface area contributed by atoms with Crippen molar-refractivity contribution in [3.8, 4) is 5.75 Å². The van der Waals surface area contributed by atoms with Gasteiger partial charge in [0.15, 0.2) is 0 Å². The van der Waals surface area contributed by atoms with E-state index in [0.717, 1.165) is 11.3 Å². The number of nitrogens with two attached hydrogens (primary N) is 1. The van der Waals surface area contributed by atoms with E-state index < -0.39 is 6.03 Å². The van der Waals surface area contributed by atoms with E-state index >= 15 is 0 Å². The fourth-order valence-corrected chi connectivity index (χ4v) is 1.89. The van der Waals surface area contributed by atoms with E-state index in [1.807, 2.05) is 31.2 Å². The van der Waals surface area contributed by atoms with Crippen molar-refractivity contribution in [2.24, 2.45) is 5.73 Å². The second-order valence-electron chi connectivity index (χ2n) is 4.52. The van der Waals surface area contributed by atoms with Crippen LogP contribution in [-0.2, 0) is 0 Å². The van der Waals surface area contributed by atoms with E-state index in [9.17, 15) is 9.90 Å².